The minimum Gasteiger partial charge on any atom is -0.454 e. The first-order valence-corrected chi connectivity index (χ1v) is 14.3. The molecule has 0 bridgehead atoms. The van der Waals surface area contributed by atoms with Gasteiger partial charge in [0.1, 0.15) is 17.3 Å². The number of fused-ring (bicyclic) bond motifs is 5. The molecular formula is C29H37F5O7. The summed E-state index contributed by atoms with van der Waals surface area (Å²) in [5, 5.41) is 0. The Morgan fingerprint density at radius 2 is 1.68 bits per heavy atom. The molecule has 0 saturated heterocycles. The molecule has 0 aliphatic heterocycles. The van der Waals surface area contributed by atoms with Crippen molar-refractivity contribution >= 4 is 29.3 Å². The smallest absolute Gasteiger partial charge is 0.431 e. The summed E-state index contributed by atoms with van der Waals surface area (Å²) in [5.74, 6) is -2.95. The summed E-state index contributed by atoms with van der Waals surface area (Å²) in [6.45, 7) is 4.72. The van der Waals surface area contributed by atoms with Crippen LogP contribution in [0.2, 0.25) is 0 Å². The second-order valence-electron chi connectivity index (χ2n) is 12.9. The zero-order valence-corrected chi connectivity index (χ0v) is 23.4. The second kappa shape index (κ2) is 11.4. The molecule has 4 aliphatic rings. The van der Waals surface area contributed by atoms with Crippen molar-refractivity contribution in [3.63, 3.8) is 0 Å². The van der Waals surface area contributed by atoms with E-state index in [0.717, 1.165) is 0 Å². The van der Waals surface area contributed by atoms with E-state index < -0.39 is 42.7 Å². The van der Waals surface area contributed by atoms with E-state index >= 15 is 0 Å². The van der Waals surface area contributed by atoms with E-state index in [9.17, 15) is 45.9 Å². The van der Waals surface area contributed by atoms with Crippen molar-refractivity contribution in [2.24, 2.45) is 46.3 Å². The number of carbonyl (C=O) groups is 5. The topological polar surface area (TPSA) is 104 Å². The van der Waals surface area contributed by atoms with Gasteiger partial charge in [-0.2, -0.15) is 13.2 Å². The Hall–Kier alpha value is -2.40. The Balaban J connectivity index is 1.35. The van der Waals surface area contributed by atoms with E-state index in [4.69, 9.17) is 0 Å². The summed E-state index contributed by atoms with van der Waals surface area (Å²) in [7, 11) is 0. The van der Waals surface area contributed by atoms with Crippen molar-refractivity contribution in [3.05, 3.63) is 0 Å². The van der Waals surface area contributed by atoms with E-state index in [1.54, 1.807) is 0 Å². The Bertz CT molecular complexity index is 1090. The molecular weight excluding hydrogens is 555 g/mol. The Morgan fingerprint density at radius 3 is 2.32 bits per heavy atom. The zero-order valence-electron chi connectivity index (χ0n) is 23.4. The number of halogens is 5. The summed E-state index contributed by atoms with van der Waals surface area (Å²) in [5.41, 5.74) is -0.979. The monoisotopic (exact) mass is 592 g/mol. The van der Waals surface area contributed by atoms with E-state index in [1.807, 2.05) is 13.8 Å². The molecule has 0 amide bonds. The maximum absolute atomic E-state index is 13.8. The molecule has 4 aliphatic carbocycles. The fourth-order valence-electron chi connectivity index (χ4n) is 8.58. The van der Waals surface area contributed by atoms with Gasteiger partial charge in [0.2, 0.25) is 0 Å². The molecule has 230 valence electrons. The fraction of sp³-hybridized carbons (Fsp3) is 0.828. The summed E-state index contributed by atoms with van der Waals surface area (Å²) >= 11 is 0. The van der Waals surface area contributed by atoms with Gasteiger partial charge in [-0.05, 0) is 60.7 Å². The van der Waals surface area contributed by atoms with Crippen molar-refractivity contribution in [1.29, 1.82) is 0 Å². The van der Waals surface area contributed by atoms with Gasteiger partial charge < -0.3 is 9.47 Å². The van der Waals surface area contributed by atoms with Gasteiger partial charge in [0, 0.05) is 43.4 Å². The first-order valence-electron chi connectivity index (χ1n) is 14.3. The summed E-state index contributed by atoms with van der Waals surface area (Å²) in [4.78, 5) is 63.2. The fourth-order valence-corrected chi connectivity index (χ4v) is 8.58. The molecule has 4 fully saturated rings. The predicted octanol–water partition coefficient (Wildman–Crippen LogP) is 5.27. The highest BCUT2D eigenvalue weighted by atomic mass is 19.4. The highest BCUT2D eigenvalue weighted by Crippen LogP contribution is 2.66. The quantitative estimate of drug-likeness (QED) is 0.279. The Morgan fingerprint density at radius 1 is 1.00 bits per heavy atom. The van der Waals surface area contributed by atoms with Crippen LogP contribution in [0.3, 0.4) is 0 Å². The summed E-state index contributed by atoms with van der Waals surface area (Å²) < 4.78 is 71.2. The molecule has 7 nitrogen and oxygen atoms in total. The third-order valence-electron chi connectivity index (χ3n) is 10.9. The normalized spacial score (nSPS) is 36.7. The van der Waals surface area contributed by atoms with E-state index in [1.165, 1.54) is 0 Å². The van der Waals surface area contributed by atoms with E-state index in [2.05, 4.69) is 16.4 Å². The standard InChI is InChI=1S/C29H37F5O7/c1-14(4-7-22(38)40-13-23(39)41-25(26(30)31)29(32,33)34)17-5-6-18-24-19(12-21(37)28(17,18)3)27(2)9-8-16(35)10-15(27)11-20(24)36/h14-15,17-19,24-26H,4-13H2,1-3H3/t14-,15+,17?,18+,19+,24+,25?,27+,28-/m1/s1. The lowest BCUT2D eigenvalue weighted by Crippen LogP contribution is -2.60. The van der Waals surface area contributed by atoms with E-state index in [0.29, 0.717) is 38.5 Å². The van der Waals surface area contributed by atoms with Gasteiger partial charge in [-0.3, -0.25) is 19.2 Å². The van der Waals surface area contributed by atoms with Crippen LogP contribution in [0.5, 0.6) is 0 Å². The first kappa shape index (κ1) is 31.5. The summed E-state index contributed by atoms with van der Waals surface area (Å²) in [6.07, 6.45) is -9.39. The molecule has 0 heterocycles. The van der Waals surface area contributed by atoms with Crippen LogP contribution in [0.4, 0.5) is 22.0 Å². The maximum Gasteiger partial charge on any atom is 0.431 e. The average Bonchev–Trinajstić information content (AvgIpc) is 3.23. The lowest BCUT2D eigenvalue weighted by molar-refractivity contribution is -0.250. The van der Waals surface area contributed by atoms with Gasteiger partial charge in [-0.15, -0.1) is 0 Å². The molecule has 0 spiro atoms. The molecule has 0 aromatic carbocycles. The van der Waals surface area contributed by atoms with Gasteiger partial charge in [-0.25, -0.2) is 13.6 Å². The van der Waals surface area contributed by atoms with Gasteiger partial charge in [0.25, 0.3) is 12.5 Å². The van der Waals surface area contributed by atoms with Crippen molar-refractivity contribution in [1.82, 2.24) is 0 Å². The van der Waals surface area contributed by atoms with Crippen LogP contribution in [-0.2, 0) is 33.4 Å². The molecule has 0 radical (unpaired) electrons. The molecule has 4 saturated carbocycles. The van der Waals surface area contributed by atoms with Crippen molar-refractivity contribution in [2.45, 2.75) is 97.3 Å². The number of ether oxygens (including phenoxy) is 2. The zero-order chi connectivity index (χ0) is 30.5. The lowest BCUT2D eigenvalue weighted by Gasteiger charge is -2.58. The number of hydrogen-bond acceptors (Lipinski definition) is 7. The molecule has 0 aromatic rings. The molecule has 12 heteroatoms. The highest BCUT2D eigenvalue weighted by Gasteiger charge is 2.66. The summed E-state index contributed by atoms with van der Waals surface area (Å²) in [6, 6.07) is 0. The number of Topliss-reactive ketones (excluding diaryl/α,β-unsaturated/α-hetero) is 3. The minimum absolute atomic E-state index is 0.0243. The largest absolute Gasteiger partial charge is 0.454 e. The number of alkyl halides is 5. The Kier molecular flexibility index (Phi) is 8.73. The van der Waals surface area contributed by atoms with E-state index in [-0.39, 0.29) is 77.5 Å². The average molecular weight is 593 g/mol. The first-order chi connectivity index (χ1) is 19.0. The van der Waals surface area contributed by atoms with Gasteiger partial charge in [-0.1, -0.05) is 20.8 Å². The maximum atomic E-state index is 13.8. The number of carbonyl (C=O) groups excluding carboxylic acids is 5. The second-order valence-corrected chi connectivity index (χ2v) is 12.9. The third-order valence-corrected chi connectivity index (χ3v) is 10.9. The van der Waals surface area contributed by atoms with Crippen molar-refractivity contribution < 1.29 is 55.4 Å². The van der Waals surface area contributed by atoms with Crippen LogP contribution in [0.1, 0.15) is 78.6 Å². The van der Waals surface area contributed by atoms with Crippen LogP contribution in [-0.4, -0.2) is 54.6 Å². The molecule has 41 heavy (non-hydrogen) atoms. The van der Waals surface area contributed by atoms with Crippen LogP contribution in [0.15, 0.2) is 0 Å². The molecule has 0 aromatic heterocycles. The third kappa shape index (κ3) is 5.81. The number of ketones is 3. The number of hydrogen-bond donors (Lipinski definition) is 0. The minimum atomic E-state index is -5.47. The van der Waals surface area contributed by atoms with Gasteiger partial charge in [0.05, 0.1) is 0 Å². The van der Waals surface area contributed by atoms with Crippen LogP contribution >= 0.6 is 0 Å². The van der Waals surface area contributed by atoms with Gasteiger partial charge in [0.15, 0.2) is 6.61 Å². The van der Waals surface area contributed by atoms with Crippen LogP contribution in [0.25, 0.3) is 0 Å². The predicted molar refractivity (Wildman–Crippen MR) is 132 cm³/mol. The Labute approximate surface area is 235 Å². The number of esters is 2. The van der Waals surface area contributed by atoms with Crippen LogP contribution in [0, 0.1) is 46.3 Å². The lowest BCUT2D eigenvalue weighted by atomic mass is 9.44. The van der Waals surface area contributed by atoms with Crippen molar-refractivity contribution in [2.75, 3.05) is 6.61 Å². The van der Waals surface area contributed by atoms with Gasteiger partial charge >= 0.3 is 18.1 Å². The van der Waals surface area contributed by atoms with Crippen LogP contribution < -0.4 is 0 Å². The molecule has 4 rings (SSSR count). The van der Waals surface area contributed by atoms with Crippen molar-refractivity contribution in [3.8, 4) is 0 Å². The SMILES string of the molecule is C[C@H](CCC(=O)OCC(=O)OC(C(F)F)C(F)(F)F)C1CC[C@H]2[C@@H]3C(=O)C[C@@H]4CC(=O)CC[C@]4(C)[C@H]3CC(=O)[C@]12C. The molecule has 2 unspecified atom stereocenters. The molecule has 9 atom stereocenters. The number of rotatable bonds is 8. The molecule has 0 N–H and O–H groups in total. The highest BCUT2D eigenvalue weighted by molar-refractivity contribution is 5.93.